The fourth-order valence-electron chi connectivity index (χ4n) is 1.94. The smallest absolute Gasteiger partial charge is 0.340 e. The van der Waals surface area contributed by atoms with E-state index in [1.54, 1.807) is 6.07 Å². The second-order valence-corrected chi connectivity index (χ2v) is 4.10. The standard InChI is InChI=1S/C15H14FNO2/c1-2-10-6-3-4-8-12(10)17-13-9-5-7-11(16)14(13)15(18)19/h3-9,17H,2H2,1H3,(H,18,19). The molecule has 98 valence electrons. The Bertz CT molecular complexity index is 611. The van der Waals surface area contributed by atoms with Gasteiger partial charge in [0.25, 0.3) is 0 Å². The normalized spacial score (nSPS) is 10.2. The molecule has 0 aromatic heterocycles. The summed E-state index contributed by atoms with van der Waals surface area (Å²) < 4.78 is 13.6. The van der Waals surface area contributed by atoms with Crippen LogP contribution in [0.2, 0.25) is 0 Å². The highest BCUT2D eigenvalue weighted by atomic mass is 19.1. The van der Waals surface area contributed by atoms with Gasteiger partial charge < -0.3 is 10.4 Å². The quantitative estimate of drug-likeness (QED) is 0.877. The second-order valence-electron chi connectivity index (χ2n) is 4.10. The van der Waals surface area contributed by atoms with Crippen molar-refractivity contribution in [1.82, 2.24) is 0 Å². The van der Waals surface area contributed by atoms with Crippen LogP contribution in [0.4, 0.5) is 15.8 Å². The molecule has 0 amide bonds. The zero-order chi connectivity index (χ0) is 13.8. The summed E-state index contributed by atoms with van der Waals surface area (Å²) in [6.07, 6.45) is 0.806. The third-order valence-electron chi connectivity index (χ3n) is 2.90. The summed E-state index contributed by atoms with van der Waals surface area (Å²) in [5.41, 5.74) is 1.75. The Morgan fingerprint density at radius 1 is 1.16 bits per heavy atom. The number of carbonyl (C=O) groups is 1. The Morgan fingerprint density at radius 2 is 1.84 bits per heavy atom. The molecule has 0 saturated heterocycles. The Labute approximate surface area is 110 Å². The molecule has 19 heavy (non-hydrogen) atoms. The number of benzene rings is 2. The summed E-state index contributed by atoms with van der Waals surface area (Å²) in [6.45, 7) is 2.00. The van der Waals surface area contributed by atoms with Crippen molar-refractivity contribution in [2.75, 3.05) is 5.32 Å². The average Bonchev–Trinajstić information content (AvgIpc) is 2.39. The van der Waals surface area contributed by atoms with Crippen LogP contribution in [-0.4, -0.2) is 11.1 Å². The maximum Gasteiger partial charge on any atom is 0.340 e. The predicted octanol–water partition coefficient (Wildman–Crippen LogP) is 3.83. The molecule has 0 aliphatic rings. The van der Waals surface area contributed by atoms with Crippen LogP contribution < -0.4 is 5.32 Å². The van der Waals surface area contributed by atoms with Crippen LogP contribution in [0.5, 0.6) is 0 Å². The summed E-state index contributed by atoms with van der Waals surface area (Å²) in [7, 11) is 0. The van der Waals surface area contributed by atoms with Crippen molar-refractivity contribution < 1.29 is 14.3 Å². The number of para-hydroxylation sites is 1. The van der Waals surface area contributed by atoms with Gasteiger partial charge >= 0.3 is 5.97 Å². The highest BCUT2D eigenvalue weighted by Crippen LogP contribution is 2.25. The Balaban J connectivity index is 2.44. The first-order valence-corrected chi connectivity index (χ1v) is 6.00. The first-order valence-electron chi connectivity index (χ1n) is 6.00. The second kappa shape index (κ2) is 5.52. The molecule has 4 heteroatoms. The molecule has 0 heterocycles. The Kier molecular flexibility index (Phi) is 3.80. The molecule has 2 rings (SSSR count). The minimum Gasteiger partial charge on any atom is -0.478 e. The molecule has 0 aliphatic heterocycles. The fraction of sp³-hybridized carbons (Fsp3) is 0.133. The van der Waals surface area contributed by atoms with Crippen LogP contribution >= 0.6 is 0 Å². The van der Waals surface area contributed by atoms with Crippen molar-refractivity contribution >= 4 is 17.3 Å². The predicted molar refractivity (Wildman–Crippen MR) is 72.5 cm³/mol. The number of halogens is 1. The number of anilines is 2. The molecular weight excluding hydrogens is 245 g/mol. The number of hydrogen-bond acceptors (Lipinski definition) is 2. The fourth-order valence-corrected chi connectivity index (χ4v) is 1.94. The lowest BCUT2D eigenvalue weighted by molar-refractivity contribution is 0.0693. The number of carboxylic acids is 1. The third kappa shape index (κ3) is 2.73. The summed E-state index contributed by atoms with van der Waals surface area (Å²) in [6, 6.07) is 11.7. The van der Waals surface area contributed by atoms with Gasteiger partial charge in [0.05, 0.1) is 5.69 Å². The van der Waals surface area contributed by atoms with Crippen LogP contribution in [0.15, 0.2) is 42.5 Å². The van der Waals surface area contributed by atoms with E-state index in [4.69, 9.17) is 5.11 Å². The molecule has 3 nitrogen and oxygen atoms in total. The van der Waals surface area contributed by atoms with Gasteiger partial charge in [0.1, 0.15) is 11.4 Å². The summed E-state index contributed by atoms with van der Waals surface area (Å²) >= 11 is 0. The van der Waals surface area contributed by atoms with Gasteiger partial charge in [-0.15, -0.1) is 0 Å². The van der Waals surface area contributed by atoms with E-state index >= 15 is 0 Å². The highest BCUT2D eigenvalue weighted by Gasteiger charge is 2.16. The Hall–Kier alpha value is -2.36. The highest BCUT2D eigenvalue weighted by molar-refractivity contribution is 5.95. The largest absolute Gasteiger partial charge is 0.478 e. The molecule has 2 N–H and O–H groups in total. The molecule has 0 saturated carbocycles. The van der Waals surface area contributed by atoms with Gasteiger partial charge in [0, 0.05) is 5.69 Å². The van der Waals surface area contributed by atoms with Gasteiger partial charge in [-0.2, -0.15) is 0 Å². The molecule has 0 aliphatic carbocycles. The van der Waals surface area contributed by atoms with Crippen LogP contribution in [0.1, 0.15) is 22.8 Å². The molecule has 0 fully saturated rings. The van der Waals surface area contributed by atoms with Crippen molar-refractivity contribution in [2.45, 2.75) is 13.3 Å². The van der Waals surface area contributed by atoms with E-state index in [1.807, 2.05) is 31.2 Å². The van der Waals surface area contributed by atoms with E-state index in [9.17, 15) is 9.18 Å². The van der Waals surface area contributed by atoms with Gasteiger partial charge in [-0.1, -0.05) is 31.2 Å². The molecule has 0 unspecified atom stereocenters. The minimum absolute atomic E-state index is 0.258. The number of aromatic carboxylic acids is 1. The van der Waals surface area contributed by atoms with Crippen molar-refractivity contribution in [3.8, 4) is 0 Å². The average molecular weight is 259 g/mol. The first-order chi connectivity index (χ1) is 9.13. The molecule has 2 aromatic carbocycles. The number of carboxylic acid groups (broad SMARTS) is 1. The van der Waals surface area contributed by atoms with Crippen LogP contribution in [0.3, 0.4) is 0 Å². The lowest BCUT2D eigenvalue weighted by Crippen LogP contribution is -2.06. The van der Waals surface area contributed by atoms with Gasteiger partial charge in [-0.3, -0.25) is 0 Å². The lowest BCUT2D eigenvalue weighted by atomic mass is 10.1. The topological polar surface area (TPSA) is 49.3 Å². The molecule has 2 aromatic rings. The summed E-state index contributed by atoms with van der Waals surface area (Å²) in [5, 5.41) is 12.1. The summed E-state index contributed by atoms with van der Waals surface area (Å²) in [5.74, 6) is -2.03. The number of rotatable bonds is 4. The number of aryl methyl sites for hydroxylation is 1. The SMILES string of the molecule is CCc1ccccc1Nc1cccc(F)c1C(=O)O. The van der Waals surface area contributed by atoms with Gasteiger partial charge in [0.2, 0.25) is 0 Å². The van der Waals surface area contributed by atoms with E-state index in [2.05, 4.69) is 5.32 Å². The van der Waals surface area contributed by atoms with Gasteiger partial charge in [0.15, 0.2) is 0 Å². The van der Waals surface area contributed by atoms with E-state index in [0.29, 0.717) is 0 Å². The van der Waals surface area contributed by atoms with Crippen molar-refractivity contribution in [2.24, 2.45) is 0 Å². The van der Waals surface area contributed by atoms with Gasteiger partial charge in [-0.25, -0.2) is 9.18 Å². The molecule has 0 atom stereocenters. The maximum atomic E-state index is 13.6. The lowest BCUT2D eigenvalue weighted by Gasteiger charge is -2.13. The molecule has 0 bridgehead atoms. The van der Waals surface area contributed by atoms with Crippen LogP contribution in [0.25, 0.3) is 0 Å². The van der Waals surface area contributed by atoms with Crippen LogP contribution in [-0.2, 0) is 6.42 Å². The first kappa shape index (κ1) is 13.1. The molecule has 0 radical (unpaired) electrons. The molecule has 0 spiro atoms. The van der Waals surface area contributed by atoms with Crippen molar-refractivity contribution in [3.05, 3.63) is 59.4 Å². The summed E-state index contributed by atoms with van der Waals surface area (Å²) in [4.78, 5) is 11.1. The molecular formula is C15H14FNO2. The van der Waals surface area contributed by atoms with E-state index in [1.165, 1.54) is 6.07 Å². The van der Waals surface area contributed by atoms with E-state index in [-0.39, 0.29) is 11.3 Å². The van der Waals surface area contributed by atoms with Crippen LogP contribution in [0, 0.1) is 5.82 Å². The van der Waals surface area contributed by atoms with Crippen molar-refractivity contribution in [1.29, 1.82) is 0 Å². The Morgan fingerprint density at radius 3 is 2.53 bits per heavy atom. The minimum atomic E-state index is -1.28. The van der Waals surface area contributed by atoms with E-state index in [0.717, 1.165) is 23.7 Å². The zero-order valence-corrected chi connectivity index (χ0v) is 10.5. The number of nitrogens with one attached hydrogen (secondary N) is 1. The van der Waals surface area contributed by atoms with E-state index < -0.39 is 11.8 Å². The monoisotopic (exact) mass is 259 g/mol. The zero-order valence-electron chi connectivity index (χ0n) is 10.5. The van der Waals surface area contributed by atoms with Gasteiger partial charge in [-0.05, 0) is 30.2 Å². The maximum absolute atomic E-state index is 13.6. The van der Waals surface area contributed by atoms with Crippen molar-refractivity contribution in [3.63, 3.8) is 0 Å². The number of hydrogen-bond donors (Lipinski definition) is 2. The third-order valence-corrected chi connectivity index (χ3v) is 2.90.